The number of carbonyl (C=O) groups is 2. The Morgan fingerprint density at radius 1 is 1.00 bits per heavy atom. The summed E-state index contributed by atoms with van der Waals surface area (Å²) in [5, 5.41) is 2.70. The average Bonchev–Trinajstić information content (AvgIpc) is 2.70. The number of hydrogen-bond acceptors (Lipinski definition) is 5. The lowest BCUT2D eigenvalue weighted by Gasteiger charge is -2.33. The lowest BCUT2D eigenvalue weighted by atomic mass is 9.92. The van der Waals surface area contributed by atoms with Crippen LogP contribution in [-0.2, 0) is 11.3 Å². The molecule has 2 aromatic carbocycles. The van der Waals surface area contributed by atoms with Gasteiger partial charge in [0.25, 0.3) is 5.91 Å². The first-order valence-electron chi connectivity index (χ1n) is 8.13. The normalized spacial score (nSPS) is 22.9. The third-order valence-corrected chi connectivity index (χ3v) is 4.39. The van der Waals surface area contributed by atoms with Gasteiger partial charge in [-0.15, -0.1) is 0 Å². The second-order valence-corrected chi connectivity index (χ2v) is 6.17. The second kappa shape index (κ2) is 7.14. The summed E-state index contributed by atoms with van der Waals surface area (Å²) in [6.07, 6.45) is 0.229. The van der Waals surface area contributed by atoms with Gasteiger partial charge in [-0.2, -0.15) is 0 Å². The molecular formula is C19H21N3O3. The first-order chi connectivity index (χ1) is 12.0. The fraction of sp³-hybridized carbons (Fsp3) is 0.263. The van der Waals surface area contributed by atoms with Gasteiger partial charge in [0.15, 0.2) is 5.78 Å². The van der Waals surface area contributed by atoms with E-state index in [1.165, 1.54) is 0 Å². The Kier molecular flexibility index (Phi) is 4.94. The van der Waals surface area contributed by atoms with Crippen LogP contribution in [0.15, 0.2) is 54.6 Å². The van der Waals surface area contributed by atoms with Crippen molar-refractivity contribution in [1.29, 1.82) is 0 Å². The summed E-state index contributed by atoms with van der Waals surface area (Å²) >= 11 is 0. The molecule has 0 saturated heterocycles. The highest BCUT2D eigenvalue weighted by Crippen LogP contribution is 2.21. The van der Waals surface area contributed by atoms with Gasteiger partial charge in [-0.3, -0.25) is 9.59 Å². The van der Waals surface area contributed by atoms with Crippen LogP contribution < -0.4 is 16.8 Å². The van der Waals surface area contributed by atoms with Crippen molar-refractivity contribution in [3.63, 3.8) is 0 Å². The molecule has 5 N–H and O–H groups in total. The lowest BCUT2D eigenvalue weighted by molar-refractivity contribution is 0.0705. The van der Waals surface area contributed by atoms with Crippen LogP contribution in [0, 0.1) is 0 Å². The molecule has 0 spiro atoms. The van der Waals surface area contributed by atoms with Crippen molar-refractivity contribution in [2.75, 3.05) is 6.61 Å². The standard InChI is InChI=1S/C19H21N3O3/c20-17-16(23)14-8-4-5-9-15(14)18(24)22-19(17,21)10-11-25-12-13-6-2-1-3-7-13/h1-9,17H,10-12,20-21H2,(H,22,24)/t17?,19-/m0/s1. The fourth-order valence-electron chi connectivity index (χ4n) is 2.88. The molecule has 0 aromatic heterocycles. The van der Waals surface area contributed by atoms with Gasteiger partial charge in [0.1, 0.15) is 11.7 Å². The van der Waals surface area contributed by atoms with Gasteiger partial charge >= 0.3 is 0 Å². The Morgan fingerprint density at radius 2 is 1.64 bits per heavy atom. The number of nitrogens with two attached hydrogens (primary N) is 2. The molecule has 2 atom stereocenters. The molecule has 6 heteroatoms. The van der Waals surface area contributed by atoms with E-state index in [2.05, 4.69) is 5.32 Å². The van der Waals surface area contributed by atoms with Gasteiger partial charge in [0, 0.05) is 12.0 Å². The molecule has 0 fully saturated rings. The molecule has 0 radical (unpaired) electrons. The van der Waals surface area contributed by atoms with Crippen LogP contribution in [0.1, 0.15) is 32.7 Å². The minimum atomic E-state index is -1.36. The van der Waals surface area contributed by atoms with Crippen LogP contribution in [0.2, 0.25) is 0 Å². The maximum Gasteiger partial charge on any atom is 0.253 e. The van der Waals surface area contributed by atoms with Crippen molar-refractivity contribution in [1.82, 2.24) is 5.32 Å². The van der Waals surface area contributed by atoms with Crippen molar-refractivity contribution in [2.45, 2.75) is 24.7 Å². The number of ether oxygens (including phenoxy) is 1. The van der Waals surface area contributed by atoms with Crippen LogP contribution in [0.4, 0.5) is 0 Å². The Labute approximate surface area is 146 Å². The summed E-state index contributed by atoms with van der Waals surface area (Å²) in [5.41, 5.74) is 12.6. The van der Waals surface area contributed by atoms with Gasteiger partial charge in [-0.25, -0.2) is 0 Å². The van der Waals surface area contributed by atoms with Gasteiger partial charge in [-0.1, -0.05) is 48.5 Å². The quantitative estimate of drug-likeness (QED) is 0.710. The monoisotopic (exact) mass is 339 g/mol. The number of amides is 1. The number of fused-ring (bicyclic) bond motifs is 1. The number of nitrogens with one attached hydrogen (secondary N) is 1. The zero-order valence-electron chi connectivity index (χ0n) is 13.8. The minimum absolute atomic E-state index is 0.229. The lowest BCUT2D eigenvalue weighted by Crippen LogP contribution is -2.67. The molecule has 25 heavy (non-hydrogen) atoms. The molecule has 1 heterocycles. The highest BCUT2D eigenvalue weighted by molar-refractivity contribution is 6.12. The molecule has 1 aliphatic heterocycles. The van der Waals surface area contributed by atoms with Crippen molar-refractivity contribution >= 4 is 11.7 Å². The SMILES string of the molecule is NC1C(=O)c2ccccc2C(=O)N[C@@]1(N)CCOCc1ccccc1. The highest BCUT2D eigenvalue weighted by atomic mass is 16.5. The van der Waals surface area contributed by atoms with Crippen LogP contribution in [0.5, 0.6) is 0 Å². The Hall–Kier alpha value is -2.54. The number of Topliss-reactive ketones (excluding diaryl/α,β-unsaturated/α-hetero) is 1. The number of ketones is 1. The molecule has 0 aliphatic carbocycles. The van der Waals surface area contributed by atoms with E-state index in [1.54, 1.807) is 24.3 Å². The zero-order chi connectivity index (χ0) is 17.9. The van der Waals surface area contributed by atoms with Crippen LogP contribution >= 0.6 is 0 Å². The van der Waals surface area contributed by atoms with E-state index in [9.17, 15) is 9.59 Å². The van der Waals surface area contributed by atoms with Crippen molar-refractivity contribution < 1.29 is 14.3 Å². The minimum Gasteiger partial charge on any atom is -0.377 e. The largest absolute Gasteiger partial charge is 0.377 e. The maximum atomic E-state index is 12.6. The predicted octanol–water partition coefficient (Wildman–Crippen LogP) is 1.20. The Bertz CT molecular complexity index is 778. The summed E-state index contributed by atoms with van der Waals surface area (Å²) in [6.45, 7) is 0.692. The third kappa shape index (κ3) is 3.61. The molecule has 3 rings (SSSR count). The number of benzene rings is 2. The van der Waals surface area contributed by atoms with Crippen LogP contribution in [0.3, 0.4) is 0 Å². The second-order valence-electron chi connectivity index (χ2n) is 6.17. The van der Waals surface area contributed by atoms with E-state index in [0.717, 1.165) is 5.56 Å². The molecule has 2 aromatic rings. The summed E-state index contributed by atoms with van der Waals surface area (Å²) in [5.74, 6) is -0.748. The number of rotatable bonds is 5. The predicted molar refractivity (Wildman–Crippen MR) is 93.8 cm³/mol. The van der Waals surface area contributed by atoms with E-state index in [0.29, 0.717) is 17.7 Å². The molecular weight excluding hydrogens is 318 g/mol. The zero-order valence-corrected chi connectivity index (χ0v) is 13.8. The summed E-state index contributed by atoms with van der Waals surface area (Å²) < 4.78 is 5.63. The van der Waals surface area contributed by atoms with Crippen LogP contribution in [0.25, 0.3) is 0 Å². The number of hydrogen-bond donors (Lipinski definition) is 3. The van der Waals surface area contributed by atoms with Gasteiger partial charge in [0.2, 0.25) is 0 Å². The highest BCUT2D eigenvalue weighted by Gasteiger charge is 2.42. The third-order valence-electron chi connectivity index (χ3n) is 4.39. The molecule has 6 nitrogen and oxygen atoms in total. The number of carbonyl (C=O) groups excluding carboxylic acids is 2. The van der Waals surface area contributed by atoms with E-state index < -0.39 is 17.6 Å². The average molecular weight is 339 g/mol. The van der Waals surface area contributed by atoms with Crippen molar-refractivity contribution in [3.8, 4) is 0 Å². The first kappa shape index (κ1) is 17.3. The van der Waals surface area contributed by atoms with E-state index in [1.807, 2.05) is 30.3 Å². The Balaban J connectivity index is 1.68. The summed E-state index contributed by atoms with van der Waals surface area (Å²) in [7, 11) is 0. The van der Waals surface area contributed by atoms with Crippen LogP contribution in [-0.4, -0.2) is 30.0 Å². The molecule has 1 unspecified atom stereocenters. The molecule has 0 saturated carbocycles. The topological polar surface area (TPSA) is 107 Å². The molecule has 1 amide bonds. The molecule has 0 bridgehead atoms. The van der Waals surface area contributed by atoms with Gasteiger partial charge in [-0.05, 0) is 11.6 Å². The van der Waals surface area contributed by atoms with Gasteiger partial charge in [0.05, 0.1) is 18.8 Å². The molecule has 130 valence electrons. The van der Waals surface area contributed by atoms with Crippen molar-refractivity contribution in [2.24, 2.45) is 11.5 Å². The fourth-order valence-corrected chi connectivity index (χ4v) is 2.88. The van der Waals surface area contributed by atoms with Gasteiger partial charge < -0.3 is 21.5 Å². The Morgan fingerprint density at radius 3 is 2.36 bits per heavy atom. The van der Waals surface area contributed by atoms with E-state index in [4.69, 9.17) is 16.2 Å². The maximum absolute atomic E-state index is 12.6. The first-order valence-corrected chi connectivity index (χ1v) is 8.13. The smallest absolute Gasteiger partial charge is 0.253 e. The summed E-state index contributed by atoms with van der Waals surface area (Å²) in [6, 6.07) is 15.2. The summed E-state index contributed by atoms with van der Waals surface area (Å²) in [4.78, 5) is 25.0. The van der Waals surface area contributed by atoms with E-state index in [-0.39, 0.29) is 18.8 Å². The van der Waals surface area contributed by atoms with E-state index >= 15 is 0 Å². The van der Waals surface area contributed by atoms with Crippen molar-refractivity contribution in [3.05, 3.63) is 71.3 Å². The molecule has 1 aliphatic rings.